The summed E-state index contributed by atoms with van der Waals surface area (Å²) in [4.78, 5) is 9.43. The Morgan fingerprint density at radius 1 is 1.16 bits per heavy atom. The smallest absolute Gasteiger partial charge is 0.138 e. The van der Waals surface area contributed by atoms with E-state index in [1.165, 1.54) is 12.8 Å². The van der Waals surface area contributed by atoms with Crippen LogP contribution in [0.15, 0.2) is 0 Å². The number of rotatable bonds is 4. The Kier molecular flexibility index (Phi) is 3.45. The van der Waals surface area contributed by atoms with E-state index in [-0.39, 0.29) is 11.0 Å². The van der Waals surface area contributed by atoms with Crippen molar-refractivity contribution in [3.63, 3.8) is 0 Å². The van der Waals surface area contributed by atoms with Crippen molar-refractivity contribution in [3.8, 4) is 0 Å². The number of anilines is 2. The molecule has 0 spiro atoms. The molecule has 4 nitrogen and oxygen atoms in total. The Morgan fingerprint density at radius 2 is 1.74 bits per heavy atom. The zero-order valence-corrected chi connectivity index (χ0v) is 13.0. The van der Waals surface area contributed by atoms with Gasteiger partial charge in [0.15, 0.2) is 0 Å². The van der Waals surface area contributed by atoms with Gasteiger partial charge in [0, 0.05) is 23.1 Å². The van der Waals surface area contributed by atoms with Crippen LogP contribution in [0.3, 0.4) is 0 Å². The van der Waals surface area contributed by atoms with E-state index in [4.69, 9.17) is 4.98 Å². The third-order valence-corrected chi connectivity index (χ3v) is 3.58. The predicted octanol–water partition coefficient (Wildman–Crippen LogP) is 3.48. The molecule has 1 saturated carbocycles. The van der Waals surface area contributed by atoms with Gasteiger partial charge in [0.25, 0.3) is 0 Å². The van der Waals surface area contributed by atoms with Crippen molar-refractivity contribution in [2.24, 2.45) is 0 Å². The van der Waals surface area contributed by atoms with Crippen LogP contribution in [0.25, 0.3) is 0 Å². The lowest BCUT2D eigenvalue weighted by atomic mass is 9.95. The molecule has 0 aromatic carbocycles. The first kappa shape index (κ1) is 14.1. The van der Waals surface area contributed by atoms with Gasteiger partial charge in [-0.3, -0.25) is 0 Å². The number of nitrogens with zero attached hydrogens (tertiary/aromatic N) is 2. The SMILES string of the molecule is CCNc1nc(C(C)(C)C)nc(NC2(C)CC2)c1C. The molecule has 1 aliphatic rings. The molecule has 0 radical (unpaired) electrons. The molecule has 1 heterocycles. The number of hydrogen-bond acceptors (Lipinski definition) is 4. The molecule has 0 atom stereocenters. The molecular formula is C15H26N4. The molecule has 4 heteroatoms. The zero-order valence-electron chi connectivity index (χ0n) is 13.0. The summed E-state index contributed by atoms with van der Waals surface area (Å²) in [7, 11) is 0. The molecule has 2 rings (SSSR count). The van der Waals surface area contributed by atoms with E-state index < -0.39 is 0 Å². The average Bonchev–Trinajstić information content (AvgIpc) is 3.01. The maximum atomic E-state index is 4.75. The molecule has 1 aliphatic carbocycles. The molecular weight excluding hydrogens is 236 g/mol. The number of nitrogens with one attached hydrogen (secondary N) is 2. The van der Waals surface area contributed by atoms with E-state index in [1.54, 1.807) is 0 Å². The van der Waals surface area contributed by atoms with Gasteiger partial charge in [-0.1, -0.05) is 20.8 Å². The monoisotopic (exact) mass is 262 g/mol. The van der Waals surface area contributed by atoms with Gasteiger partial charge in [0.2, 0.25) is 0 Å². The van der Waals surface area contributed by atoms with Gasteiger partial charge in [0.05, 0.1) is 0 Å². The molecule has 0 bridgehead atoms. The number of hydrogen-bond donors (Lipinski definition) is 2. The lowest BCUT2D eigenvalue weighted by molar-refractivity contribution is 0.545. The van der Waals surface area contributed by atoms with Gasteiger partial charge >= 0.3 is 0 Å². The molecule has 0 saturated heterocycles. The fourth-order valence-corrected chi connectivity index (χ4v) is 1.91. The van der Waals surface area contributed by atoms with Crippen molar-refractivity contribution >= 4 is 11.6 Å². The molecule has 1 aromatic rings. The van der Waals surface area contributed by atoms with Crippen LogP contribution in [-0.4, -0.2) is 22.1 Å². The van der Waals surface area contributed by atoms with E-state index in [1.807, 2.05) is 0 Å². The molecule has 0 amide bonds. The van der Waals surface area contributed by atoms with Crippen LogP contribution >= 0.6 is 0 Å². The van der Waals surface area contributed by atoms with Gasteiger partial charge in [-0.25, -0.2) is 9.97 Å². The summed E-state index contributed by atoms with van der Waals surface area (Å²) in [6, 6.07) is 0. The topological polar surface area (TPSA) is 49.8 Å². The summed E-state index contributed by atoms with van der Waals surface area (Å²) in [5.41, 5.74) is 1.30. The molecule has 2 N–H and O–H groups in total. The van der Waals surface area contributed by atoms with Gasteiger partial charge in [0.1, 0.15) is 17.5 Å². The van der Waals surface area contributed by atoms with E-state index in [2.05, 4.69) is 57.2 Å². The Morgan fingerprint density at radius 3 is 2.21 bits per heavy atom. The van der Waals surface area contributed by atoms with Crippen molar-refractivity contribution in [1.29, 1.82) is 0 Å². The molecule has 0 unspecified atom stereocenters. The van der Waals surface area contributed by atoms with Crippen LogP contribution in [0, 0.1) is 6.92 Å². The Bertz CT molecular complexity index is 470. The van der Waals surface area contributed by atoms with Crippen molar-refractivity contribution in [1.82, 2.24) is 9.97 Å². The van der Waals surface area contributed by atoms with Gasteiger partial charge in [-0.2, -0.15) is 0 Å². The Hall–Kier alpha value is -1.32. The highest BCUT2D eigenvalue weighted by Crippen LogP contribution is 2.39. The van der Waals surface area contributed by atoms with E-state index in [9.17, 15) is 0 Å². The predicted molar refractivity (Wildman–Crippen MR) is 80.9 cm³/mol. The maximum Gasteiger partial charge on any atom is 0.138 e. The van der Waals surface area contributed by atoms with E-state index in [0.717, 1.165) is 29.6 Å². The Balaban J connectivity index is 2.42. The second-order valence-electron chi connectivity index (χ2n) is 6.84. The van der Waals surface area contributed by atoms with Crippen molar-refractivity contribution in [2.45, 2.75) is 65.3 Å². The largest absolute Gasteiger partial charge is 0.370 e. The fraction of sp³-hybridized carbons (Fsp3) is 0.733. The summed E-state index contributed by atoms with van der Waals surface area (Å²) >= 11 is 0. The lowest BCUT2D eigenvalue weighted by Crippen LogP contribution is -2.23. The van der Waals surface area contributed by atoms with Crippen LogP contribution in [-0.2, 0) is 5.41 Å². The van der Waals surface area contributed by atoms with Crippen LogP contribution in [0.4, 0.5) is 11.6 Å². The summed E-state index contributed by atoms with van der Waals surface area (Å²) in [5.74, 6) is 2.82. The number of aromatic nitrogens is 2. The second kappa shape index (κ2) is 4.66. The van der Waals surface area contributed by atoms with Gasteiger partial charge in [-0.05, 0) is 33.6 Å². The minimum Gasteiger partial charge on any atom is -0.370 e. The van der Waals surface area contributed by atoms with Crippen LogP contribution in [0.5, 0.6) is 0 Å². The van der Waals surface area contributed by atoms with Crippen molar-refractivity contribution in [2.75, 3.05) is 17.2 Å². The van der Waals surface area contributed by atoms with Gasteiger partial charge in [-0.15, -0.1) is 0 Å². The van der Waals surface area contributed by atoms with Crippen LogP contribution in [0.2, 0.25) is 0 Å². The van der Waals surface area contributed by atoms with E-state index in [0.29, 0.717) is 0 Å². The highest BCUT2D eigenvalue weighted by molar-refractivity contribution is 5.59. The third kappa shape index (κ3) is 3.17. The zero-order chi connectivity index (χ0) is 14.3. The average molecular weight is 262 g/mol. The quantitative estimate of drug-likeness (QED) is 0.872. The highest BCUT2D eigenvalue weighted by atomic mass is 15.1. The summed E-state index contributed by atoms with van der Waals surface area (Å²) in [5, 5.41) is 6.92. The van der Waals surface area contributed by atoms with Gasteiger partial charge < -0.3 is 10.6 Å². The Labute approximate surface area is 116 Å². The second-order valence-corrected chi connectivity index (χ2v) is 6.84. The molecule has 1 aromatic heterocycles. The highest BCUT2D eigenvalue weighted by Gasteiger charge is 2.38. The lowest BCUT2D eigenvalue weighted by Gasteiger charge is -2.22. The third-order valence-electron chi connectivity index (χ3n) is 3.58. The summed E-state index contributed by atoms with van der Waals surface area (Å²) in [6.07, 6.45) is 2.44. The van der Waals surface area contributed by atoms with Crippen molar-refractivity contribution in [3.05, 3.63) is 11.4 Å². The van der Waals surface area contributed by atoms with E-state index >= 15 is 0 Å². The first-order valence-electron chi connectivity index (χ1n) is 7.16. The minimum atomic E-state index is -0.0429. The summed E-state index contributed by atoms with van der Waals surface area (Å²) < 4.78 is 0. The first-order chi connectivity index (χ1) is 8.75. The molecule has 0 aliphatic heterocycles. The molecule has 1 fully saturated rings. The maximum absolute atomic E-state index is 4.75. The molecule has 106 valence electrons. The van der Waals surface area contributed by atoms with Crippen LogP contribution in [0.1, 0.15) is 58.8 Å². The van der Waals surface area contributed by atoms with Crippen molar-refractivity contribution < 1.29 is 0 Å². The minimum absolute atomic E-state index is 0.0429. The fourth-order valence-electron chi connectivity index (χ4n) is 1.91. The molecule has 19 heavy (non-hydrogen) atoms. The normalized spacial score (nSPS) is 17.2. The standard InChI is InChI=1S/C15H26N4/c1-7-16-11-10(2)12(19-15(6)8-9-15)18-13(17-11)14(3,4)5/h7-9H2,1-6H3,(H2,16,17,18,19). The first-order valence-corrected chi connectivity index (χ1v) is 7.16. The summed E-state index contributed by atoms with van der Waals surface area (Å²) in [6.45, 7) is 13.7. The van der Waals surface area contributed by atoms with Crippen LogP contribution < -0.4 is 10.6 Å².